The summed E-state index contributed by atoms with van der Waals surface area (Å²) in [6, 6.07) is 12.5. The maximum absolute atomic E-state index is 12.5. The summed E-state index contributed by atoms with van der Waals surface area (Å²) in [4.78, 5) is 28.2. The summed E-state index contributed by atoms with van der Waals surface area (Å²) in [5, 5.41) is 8.32. The lowest BCUT2D eigenvalue weighted by Gasteiger charge is -2.43. The lowest BCUT2D eigenvalue weighted by molar-refractivity contribution is 0.00902. The molecule has 1 aromatic heterocycles. The van der Waals surface area contributed by atoms with Gasteiger partial charge in [0.1, 0.15) is 16.4 Å². The second kappa shape index (κ2) is 14.5. The van der Waals surface area contributed by atoms with E-state index in [-0.39, 0.29) is 14.0 Å². The molecule has 2 fully saturated rings. The highest BCUT2D eigenvalue weighted by molar-refractivity contribution is 7.64. The van der Waals surface area contributed by atoms with Crippen LogP contribution in [-0.4, -0.2) is 97.2 Å². The Morgan fingerprint density at radius 3 is 2.37 bits per heavy atom. The monoisotopic (exact) mass is 668 g/mol. The van der Waals surface area contributed by atoms with Gasteiger partial charge in [-0.25, -0.2) is 9.78 Å². The normalized spacial score (nSPS) is 16.4. The van der Waals surface area contributed by atoms with Crippen LogP contribution in [-0.2, 0) is 4.74 Å². The topological polar surface area (TPSA) is 121 Å². The van der Waals surface area contributed by atoms with Crippen LogP contribution in [0.5, 0.6) is 5.75 Å². The number of nitrogens with zero attached hydrogens (tertiary/aromatic N) is 5. The lowest BCUT2D eigenvalue weighted by Crippen LogP contribution is -2.55. The highest BCUT2D eigenvalue weighted by atomic mass is 35.5. The fourth-order valence-electron chi connectivity index (χ4n) is 5.93. The zero-order chi connectivity index (χ0) is 33.0. The fourth-order valence-corrected chi connectivity index (χ4v) is 7.06. The maximum atomic E-state index is 12.5. The quantitative estimate of drug-likeness (QED) is 0.192. The minimum Gasteiger partial charge on any atom is -0.494 e. The predicted molar refractivity (Wildman–Crippen MR) is 190 cm³/mol. The van der Waals surface area contributed by atoms with E-state index in [4.69, 9.17) is 26.8 Å². The molecule has 3 heterocycles. The number of nitrogens with two attached hydrogens (primary N) is 1. The van der Waals surface area contributed by atoms with Crippen molar-refractivity contribution >= 4 is 65.4 Å². The van der Waals surface area contributed by atoms with E-state index in [9.17, 15) is 4.79 Å². The van der Waals surface area contributed by atoms with E-state index in [1.165, 1.54) is 5.30 Å². The van der Waals surface area contributed by atoms with Gasteiger partial charge in [-0.3, -0.25) is 4.90 Å². The zero-order valence-corrected chi connectivity index (χ0v) is 29.3. The van der Waals surface area contributed by atoms with Crippen LogP contribution in [0.2, 0.25) is 5.02 Å². The number of piperazine rings is 1. The summed E-state index contributed by atoms with van der Waals surface area (Å²) >= 11 is 6.49. The van der Waals surface area contributed by atoms with E-state index in [0.29, 0.717) is 53.0 Å². The molecule has 0 unspecified atom stereocenters. The molecule has 0 bridgehead atoms. The first-order valence-electron chi connectivity index (χ1n) is 15.7. The van der Waals surface area contributed by atoms with Crippen molar-refractivity contribution in [3.8, 4) is 5.75 Å². The number of methoxy groups -OCH3 is 1. The second-order valence-electron chi connectivity index (χ2n) is 12.9. The molecule has 13 heteroatoms. The van der Waals surface area contributed by atoms with Gasteiger partial charge in [0.25, 0.3) is 0 Å². The maximum Gasteiger partial charge on any atom is 0.410 e. The van der Waals surface area contributed by atoms with Gasteiger partial charge in [0.05, 0.1) is 30.4 Å². The summed E-state index contributed by atoms with van der Waals surface area (Å²) in [5.74, 6) is 1.53. The molecule has 0 radical (unpaired) electrons. The third-order valence-electron chi connectivity index (χ3n) is 8.27. The number of amides is 1. The SMILES string of the molecule is COc1cc(N2CCC(N3CCN(C(=O)OC(C)(C)C)CC3)CC2)c(N)cc1Nc1ncc(Cl)c(Nc2ccccc2P(C)C)n1. The summed E-state index contributed by atoms with van der Waals surface area (Å²) in [6.07, 6.45) is 3.39. The van der Waals surface area contributed by atoms with E-state index in [1.807, 2.05) is 56.0 Å². The van der Waals surface area contributed by atoms with Crippen molar-refractivity contribution in [1.82, 2.24) is 19.8 Å². The van der Waals surface area contributed by atoms with Gasteiger partial charge in [0.15, 0.2) is 5.82 Å². The molecule has 5 rings (SSSR count). The molecule has 46 heavy (non-hydrogen) atoms. The van der Waals surface area contributed by atoms with Crippen molar-refractivity contribution in [2.45, 2.75) is 45.3 Å². The first-order valence-corrected chi connectivity index (χ1v) is 18.3. The molecule has 3 aromatic rings. The Labute approximate surface area is 278 Å². The van der Waals surface area contributed by atoms with Crippen molar-refractivity contribution in [3.05, 3.63) is 47.6 Å². The first-order chi connectivity index (χ1) is 21.9. The molecule has 2 aliphatic heterocycles. The van der Waals surface area contributed by atoms with Crippen LogP contribution in [0.4, 0.5) is 39.3 Å². The predicted octanol–water partition coefficient (Wildman–Crippen LogP) is 6.10. The number of halogens is 1. The molecule has 248 valence electrons. The van der Waals surface area contributed by atoms with E-state index in [2.05, 4.69) is 49.8 Å². The number of ether oxygens (including phenoxy) is 2. The molecule has 2 aliphatic rings. The smallest absolute Gasteiger partial charge is 0.410 e. The summed E-state index contributed by atoms with van der Waals surface area (Å²) in [7, 11) is 1.32. The van der Waals surface area contributed by atoms with Gasteiger partial charge >= 0.3 is 6.09 Å². The number of rotatable bonds is 8. The summed E-state index contributed by atoms with van der Waals surface area (Å²) < 4.78 is 11.3. The Kier molecular flexibility index (Phi) is 10.7. The lowest BCUT2D eigenvalue weighted by atomic mass is 10.0. The number of para-hydroxylation sites is 1. The van der Waals surface area contributed by atoms with E-state index >= 15 is 0 Å². The highest BCUT2D eigenvalue weighted by Gasteiger charge is 2.31. The second-order valence-corrected chi connectivity index (χ2v) is 15.6. The number of anilines is 6. The van der Waals surface area contributed by atoms with Crippen LogP contribution < -0.4 is 31.3 Å². The number of benzene rings is 2. The van der Waals surface area contributed by atoms with Crippen LogP contribution in [0.15, 0.2) is 42.6 Å². The van der Waals surface area contributed by atoms with Crippen LogP contribution in [0.1, 0.15) is 33.6 Å². The van der Waals surface area contributed by atoms with Crippen molar-refractivity contribution in [2.75, 3.05) is 81.0 Å². The Hall–Kier alpha value is -3.53. The molecule has 2 saturated heterocycles. The number of aromatic nitrogens is 2. The highest BCUT2D eigenvalue weighted by Crippen LogP contribution is 2.38. The number of carbonyl (C=O) groups excluding carboxylic acids is 1. The molecule has 0 spiro atoms. The molecule has 0 aliphatic carbocycles. The van der Waals surface area contributed by atoms with Gasteiger partial charge < -0.3 is 35.6 Å². The average Bonchev–Trinajstić information content (AvgIpc) is 3.02. The zero-order valence-electron chi connectivity index (χ0n) is 27.6. The third kappa shape index (κ3) is 8.24. The van der Waals surface area contributed by atoms with Crippen LogP contribution in [0.25, 0.3) is 0 Å². The Morgan fingerprint density at radius 2 is 1.72 bits per heavy atom. The van der Waals surface area contributed by atoms with Gasteiger partial charge in [0, 0.05) is 57.1 Å². The van der Waals surface area contributed by atoms with Gasteiger partial charge in [0.2, 0.25) is 5.95 Å². The summed E-state index contributed by atoms with van der Waals surface area (Å²) in [5.41, 5.74) is 9.38. The van der Waals surface area contributed by atoms with Crippen molar-refractivity contribution in [2.24, 2.45) is 0 Å². The van der Waals surface area contributed by atoms with Gasteiger partial charge in [-0.15, -0.1) is 0 Å². The average molecular weight is 669 g/mol. The van der Waals surface area contributed by atoms with Crippen LogP contribution in [0, 0.1) is 0 Å². The van der Waals surface area contributed by atoms with E-state index in [1.54, 1.807) is 13.3 Å². The molecule has 2 aromatic carbocycles. The number of piperidine rings is 1. The largest absolute Gasteiger partial charge is 0.494 e. The van der Waals surface area contributed by atoms with Gasteiger partial charge in [-0.05, 0) is 64.4 Å². The molecule has 0 atom stereocenters. The number of nitrogen functional groups attached to an aromatic ring is 1. The van der Waals surface area contributed by atoms with Crippen LogP contribution >= 0.6 is 19.5 Å². The molecule has 11 nitrogen and oxygen atoms in total. The Morgan fingerprint density at radius 1 is 1.02 bits per heavy atom. The van der Waals surface area contributed by atoms with Crippen molar-refractivity contribution < 1.29 is 14.3 Å². The van der Waals surface area contributed by atoms with Crippen molar-refractivity contribution in [3.63, 3.8) is 0 Å². The Balaban J connectivity index is 1.21. The van der Waals surface area contributed by atoms with Crippen LogP contribution in [0.3, 0.4) is 0 Å². The molecular formula is C33H46ClN8O3P. The molecule has 4 N–H and O–H groups in total. The minimum atomic E-state index is -0.481. The number of hydrogen-bond acceptors (Lipinski definition) is 10. The molecule has 1 amide bonds. The Bertz CT molecular complexity index is 1520. The molecule has 0 saturated carbocycles. The van der Waals surface area contributed by atoms with Gasteiger partial charge in [-0.2, -0.15) is 4.98 Å². The van der Waals surface area contributed by atoms with E-state index < -0.39 is 5.60 Å². The number of hydrogen-bond donors (Lipinski definition) is 3. The van der Waals surface area contributed by atoms with Crippen molar-refractivity contribution in [1.29, 1.82) is 0 Å². The molecular weight excluding hydrogens is 623 g/mol. The standard InChI is InChI=1S/C33H46ClN8O3P/c1-33(2,3)45-32(43)42-17-15-40(16-18-42)22-11-13-41(14-12-22)27-20-28(44-4)26(19-24(27)35)38-31-36-21-23(34)30(39-31)37-25-9-7-8-10-29(25)46(5)6/h7-10,19-22H,11-18,35H2,1-6H3,(H2,36,37,38,39). The number of carbonyl (C=O) groups is 1. The summed E-state index contributed by atoms with van der Waals surface area (Å²) in [6.45, 7) is 15.0. The number of nitrogens with one attached hydrogen (secondary N) is 2. The van der Waals surface area contributed by atoms with Gasteiger partial charge in [-0.1, -0.05) is 37.7 Å². The minimum absolute atomic E-state index is 0.225. The van der Waals surface area contributed by atoms with E-state index in [0.717, 1.165) is 50.4 Å². The third-order valence-corrected chi connectivity index (χ3v) is 9.90. The fraction of sp³-hybridized carbons (Fsp3) is 0.485. The first kappa shape index (κ1) is 33.8.